The van der Waals surface area contributed by atoms with Crippen LogP contribution in [0.25, 0.3) is 0 Å². The molecule has 0 saturated carbocycles. The van der Waals surface area contributed by atoms with E-state index in [1.54, 1.807) is 6.92 Å². The van der Waals surface area contributed by atoms with Crippen LogP contribution in [0.5, 0.6) is 0 Å². The number of nitrogens with one attached hydrogen (secondary N) is 1. The molecule has 1 aliphatic rings. The van der Waals surface area contributed by atoms with Gasteiger partial charge >= 0.3 is 6.03 Å². The van der Waals surface area contributed by atoms with E-state index in [0.29, 0.717) is 5.89 Å². The number of carbonyl (C=O) groups excluding carboxylic acids is 3. The van der Waals surface area contributed by atoms with E-state index in [1.807, 2.05) is 0 Å². The molecule has 1 fully saturated rings. The molecule has 1 aliphatic heterocycles. The van der Waals surface area contributed by atoms with Gasteiger partial charge in [0, 0.05) is 6.92 Å². The topological polar surface area (TPSA) is 105 Å². The molecule has 1 saturated heterocycles. The summed E-state index contributed by atoms with van der Waals surface area (Å²) in [6, 6.07) is -0.772. The Bertz CT molecular complexity index is 534. The first kappa shape index (κ1) is 12.2. The fourth-order valence-electron chi connectivity index (χ4n) is 1.54. The zero-order valence-electron chi connectivity index (χ0n) is 10.2. The van der Waals surface area contributed by atoms with Crippen LogP contribution >= 0.6 is 0 Å². The van der Waals surface area contributed by atoms with E-state index in [9.17, 15) is 14.4 Å². The van der Waals surface area contributed by atoms with E-state index in [4.69, 9.17) is 4.52 Å². The Morgan fingerprint density at radius 2 is 2.00 bits per heavy atom. The number of amides is 4. The number of hydrogen-bond acceptors (Lipinski definition) is 6. The third-order valence-corrected chi connectivity index (χ3v) is 2.68. The van der Waals surface area contributed by atoms with Crippen molar-refractivity contribution < 1.29 is 18.9 Å². The predicted octanol–water partition coefficient (Wildman–Crippen LogP) is -0.0174. The fraction of sp³-hybridized carbons (Fsp3) is 0.500. The Morgan fingerprint density at radius 3 is 2.56 bits per heavy atom. The molecule has 0 radical (unpaired) electrons. The van der Waals surface area contributed by atoms with Crippen molar-refractivity contribution in [1.82, 2.24) is 20.4 Å². The number of aromatic nitrogens is 2. The van der Waals surface area contributed by atoms with E-state index in [0.717, 1.165) is 4.90 Å². The van der Waals surface area contributed by atoms with Crippen LogP contribution in [0.3, 0.4) is 0 Å². The molecule has 0 atom stereocenters. The molecular formula is C10H12N4O4. The second kappa shape index (κ2) is 3.90. The van der Waals surface area contributed by atoms with Crippen molar-refractivity contribution in [2.45, 2.75) is 27.3 Å². The molecule has 0 aromatic carbocycles. The molecule has 8 nitrogen and oxygen atoms in total. The molecule has 0 bridgehead atoms. The standard InChI is InChI=1S/C10H12N4O4/c1-5-11-6(13-18-5)4-14-8(16)10(2,3)7(15)12-9(14)17/h4H2,1-3H3,(H,12,15,17). The van der Waals surface area contributed by atoms with Gasteiger partial charge in [0.15, 0.2) is 5.82 Å². The Hall–Kier alpha value is -2.25. The summed E-state index contributed by atoms with van der Waals surface area (Å²) >= 11 is 0. The molecular weight excluding hydrogens is 240 g/mol. The van der Waals surface area contributed by atoms with Crippen molar-refractivity contribution in [3.05, 3.63) is 11.7 Å². The van der Waals surface area contributed by atoms with E-state index in [2.05, 4.69) is 15.5 Å². The smallest absolute Gasteiger partial charge is 0.331 e. The van der Waals surface area contributed by atoms with Gasteiger partial charge < -0.3 is 4.52 Å². The molecule has 1 N–H and O–H groups in total. The molecule has 0 aliphatic carbocycles. The predicted molar refractivity (Wildman–Crippen MR) is 56.9 cm³/mol. The van der Waals surface area contributed by atoms with Crippen LogP contribution in [0.4, 0.5) is 4.79 Å². The maximum absolute atomic E-state index is 12.0. The largest absolute Gasteiger partial charge is 0.340 e. The lowest BCUT2D eigenvalue weighted by Crippen LogP contribution is -2.61. The Labute approximate surface area is 102 Å². The van der Waals surface area contributed by atoms with Gasteiger partial charge in [-0.1, -0.05) is 5.16 Å². The summed E-state index contributed by atoms with van der Waals surface area (Å²) in [7, 11) is 0. The highest BCUT2D eigenvalue weighted by molar-refractivity contribution is 6.18. The lowest BCUT2D eigenvalue weighted by atomic mass is 9.89. The van der Waals surface area contributed by atoms with Gasteiger partial charge in [-0.3, -0.25) is 19.8 Å². The number of rotatable bonds is 2. The molecule has 96 valence electrons. The molecule has 1 aromatic rings. The highest BCUT2D eigenvalue weighted by Gasteiger charge is 2.47. The van der Waals surface area contributed by atoms with Crippen molar-refractivity contribution in [3.63, 3.8) is 0 Å². The maximum atomic E-state index is 12.0. The average molecular weight is 252 g/mol. The van der Waals surface area contributed by atoms with Gasteiger partial charge in [0.25, 0.3) is 0 Å². The summed E-state index contributed by atoms with van der Waals surface area (Å²) < 4.78 is 4.75. The minimum atomic E-state index is -1.29. The second-order valence-electron chi connectivity index (χ2n) is 4.51. The van der Waals surface area contributed by atoms with Crippen molar-refractivity contribution in [2.75, 3.05) is 0 Å². The zero-order chi connectivity index (χ0) is 13.5. The van der Waals surface area contributed by atoms with Crippen LogP contribution in [0, 0.1) is 12.3 Å². The molecule has 2 rings (SSSR count). The van der Waals surface area contributed by atoms with E-state index in [-0.39, 0.29) is 12.4 Å². The number of urea groups is 1. The summed E-state index contributed by atoms with van der Waals surface area (Å²) in [4.78, 5) is 39.9. The Morgan fingerprint density at radius 1 is 1.33 bits per heavy atom. The average Bonchev–Trinajstić information content (AvgIpc) is 2.68. The number of nitrogens with zero attached hydrogens (tertiary/aromatic N) is 3. The molecule has 8 heteroatoms. The zero-order valence-corrected chi connectivity index (χ0v) is 10.2. The van der Waals surface area contributed by atoms with Gasteiger partial charge in [-0.2, -0.15) is 4.98 Å². The normalized spacial score (nSPS) is 19.1. The van der Waals surface area contributed by atoms with Crippen LogP contribution < -0.4 is 5.32 Å². The summed E-state index contributed by atoms with van der Waals surface area (Å²) in [5.74, 6) is -0.650. The fourth-order valence-corrected chi connectivity index (χ4v) is 1.54. The molecule has 0 spiro atoms. The van der Waals surface area contributed by atoms with E-state index >= 15 is 0 Å². The minimum absolute atomic E-state index is 0.126. The first-order valence-electron chi connectivity index (χ1n) is 5.29. The summed E-state index contributed by atoms with van der Waals surface area (Å²) in [6.45, 7) is 4.37. The molecule has 2 heterocycles. The molecule has 18 heavy (non-hydrogen) atoms. The Balaban J connectivity index is 2.24. The second-order valence-corrected chi connectivity index (χ2v) is 4.51. The van der Waals surface area contributed by atoms with Crippen LogP contribution in [0.1, 0.15) is 25.6 Å². The van der Waals surface area contributed by atoms with Crippen LogP contribution in [0.15, 0.2) is 4.52 Å². The van der Waals surface area contributed by atoms with Gasteiger partial charge in [-0.15, -0.1) is 0 Å². The summed E-state index contributed by atoms with van der Waals surface area (Å²) in [6.07, 6.45) is 0. The SMILES string of the molecule is Cc1nc(CN2C(=O)NC(=O)C(C)(C)C2=O)no1. The Kier molecular flexibility index (Phi) is 2.64. The van der Waals surface area contributed by atoms with Gasteiger partial charge in [0.05, 0.1) is 6.54 Å². The monoisotopic (exact) mass is 252 g/mol. The van der Waals surface area contributed by atoms with Crippen LogP contribution in [0.2, 0.25) is 0 Å². The van der Waals surface area contributed by atoms with Gasteiger partial charge in [-0.25, -0.2) is 4.79 Å². The molecule has 0 unspecified atom stereocenters. The third kappa shape index (κ3) is 1.85. The number of hydrogen-bond donors (Lipinski definition) is 1. The molecule has 1 aromatic heterocycles. The highest BCUT2D eigenvalue weighted by atomic mass is 16.5. The highest BCUT2D eigenvalue weighted by Crippen LogP contribution is 2.24. The number of carbonyl (C=O) groups is 3. The summed E-state index contributed by atoms with van der Waals surface area (Å²) in [5.41, 5.74) is -1.29. The number of imide groups is 2. The van der Waals surface area contributed by atoms with Crippen molar-refractivity contribution >= 4 is 17.8 Å². The lowest BCUT2D eigenvalue weighted by Gasteiger charge is -2.33. The third-order valence-electron chi connectivity index (χ3n) is 2.68. The number of barbiturate groups is 1. The van der Waals surface area contributed by atoms with Crippen LogP contribution in [-0.4, -0.2) is 32.9 Å². The van der Waals surface area contributed by atoms with E-state index in [1.165, 1.54) is 13.8 Å². The lowest BCUT2D eigenvalue weighted by molar-refractivity contribution is -0.149. The van der Waals surface area contributed by atoms with Crippen molar-refractivity contribution in [1.29, 1.82) is 0 Å². The quantitative estimate of drug-likeness (QED) is 0.741. The van der Waals surface area contributed by atoms with Crippen molar-refractivity contribution in [3.8, 4) is 0 Å². The first-order chi connectivity index (χ1) is 8.32. The summed E-state index contributed by atoms with van der Waals surface area (Å²) in [5, 5.41) is 5.72. The van der Waals surface area contributed by atoms with Crippen LogP contribution in [-0.2, 0) is 16.1 Å². The maximum Gasteiger partial charge on any atom is 0.331 e. The molecule has 4 amide bonds. The van der Waals surface area contributed by atoms with Gasteiger partial charge in [-0.05, 0) is 13.8 Å². The van der Waals surface area contributed by atoms with E-state index < -0.39 is 23.3 Å². The van der Waals surface area contributed by atoms with Gasteiger partial charge in [0.2, 0.25) is 17.7 Å². The number of aryl methyl sites for hydroxylation is 1. The first-order valence-corrected chi connectivity index (χ1v) is 5.29. The van der Waals surface area contributed by atoms with Crippen molar-refractivity contribution in [2.24, 2.45) is 5.41 Å². The van der Waals surface area contributed by atoms with Gasteiger partial charge in [0.1, 0.15) is 5.41 Å². The minimum Gasteiger partial charge on any atom is -0.340 e.